The van der Waals surface area contributed by atoms with Crippen molar-refractivity contribution in [1.29, 1.82) is 0 Å². The van der Waals surface area contributed by atoms with Crippen molar-refractivity contribution in [2.45, 2.75) is 50.6 Å². The fourth-order valence-electron chi connectivity index (χ4n) is 3.26. The van der Waals surface area contributed by atoms with Crippen LogP contribution in [0, 0.1) is 5.92 Å². The van der Waals surface area contributed by atoms with E-state index in [2.05, 4.69) is 12.2 Å². The highest BCUT2D eigenvalue weighted by atomic mass is 32.2. The van der Waals surface area contributed by atoms with E-state index in [1.807, 2.05) is 36.4 Å². The first-order chi connectivity index (χ1) is 14.1. The average Bonchev–Trinajstić information content (AvgIpc) is 2.68. The summed E-state index contributed by atoms with van der Waals surface area (Å²) in [5.74, 6) is 1.24. The summed E-state index contributed by atoms with van der Waals surface area (Å²) in [7, 11) is -3.19. The van der Waals surface area contributed by atoms with E-state index in [9.17, 15) is 12.8 Å². The largest absolute Gasteiger partial charge is 0.493 e. The van der Waals surface area contributed by atoms with Crippen molar-refractivity contribution in [3.8, 4) is 16.9 Å². The summed E-state index contributed by atoms with van der Waals surface area (Å²) in [5, 5.41) is 3.18. The number of rotatable bonds is 12. The highest BCUT2D eigenvalue weighted by Gasteiger charge is 2.15. The Kier molecular flexibility index (Phi) is 8.86. The number of sulfone groups is 1. The molecule has 0 aromatic heterocycles. The van der Waals surface area contributed by atoms with Crippen molar-refractivity contribution in [1.82, 2.24) is 5.32 Å². The fourth-order valence-corrected chi connectivity index (χ4v) is 3.89. The molecule has 0 saturated carbocycles. The Morgan fingerprint density at radius 2 is 1.57 bits per heavy atom. The van der Waals surface area contributed by atoms with Crippen LogP contribution in [0.15, 0.2) is 53.4 Å². The van der Waals surface area contributed by atoms with Gasteiger partial charge in [-0.1, -0.05) is 37.6 Å². The molecule has 0 spiro atoms. The lowest BCUT2D eigenvalue weighted by Gasteiger charge is -2.19. The van der Waals surface area contributed by atoms with Crippen LogP contribution in [0.2, 0.25) is 0 Å². The van der Waals surface area contributed by atoms with E-state index in [0.717, 1.165) is 42.7 Å². The van der Waals surface area contributed by atoms with E-state index in [0.29, 0.717) is 24.0 Å². The first kappa shape index (κ1) is 24.4. The molecule has 166 valence electrons. The van der Waals surface area contributed by atoms with E-state index >= 15 is 0 Å². The molecule has 1 atom stereocenters. The van der Waals surface area contributed by atoms with E-state index in [1.165, 1.54) is 6.26 Å². The Morgan fingerprint density at radius 1 is 1.00 bits per heavy atom. The lowest BCUT2D eigenvalue weighted by Crippen LogP contribution is -2.32. The summed E-state index contributed by atoms with van der Waals surface area (Å²) < 4.78 is 42.7. The van der Waals surface area contributed by atoms with Gasteiger partial charge in [-0.15, -0.1) is 0 Å². The maximum atomic E-state index is 13.5. The van der Waals surface area contributed by atoms with Crippen LogP contribution in [0.25, 0.3) is 11.1 Å². The summed E-state index contributed by atoms with van der Waals surface area (Å²) >= 11 is 0. The number of hydrogen-bond acceptors (Lipinski definition) is 4. The third kappa shape index (κ3) is 8.44. The van der Waals surface area contributed by atoms with Gasteiger partial charge in [0.2, 0.25) is 0 Å². The van der Waals surface area contributed by atoms with Crippen molar-refractivity contribution in [2.75, 3.05) is 26.0 Å². The second kappa shape index (κ2) is 10.9. The van der Waals surface area contributed by atoms with Crippen LogP contribution in [0.5, 0.6) is 5.75 Å². The van der Waals surface area contributed by atoms with Gasteiger partial charge in [-0.2, -0.15) is 0 Å². The molecule has 0 aliphatic carbocycles. The maximum Gasteiger partial charge on any atom is 0.175 e. The predicted molar refractivity (Wildman–Crippen MR) is 122 cm³/mol. The van der Waals surface area contributed by atoms with Gasteiger partial charge in [0.1, 0.15) is 11.4 Å². The number of ether oxygens (including phenoxy) is 1. The van der Waals surface area contributed by atoms with E-state index in [4.69, 9.17) is 4.74 Å². The van der Waals surface area contributed by atoms with Gasteiger partial charge in [-0.3, -0.25) is 0 Å². The molecule has 0 fully saturated rings. The zero-order valence-electron chi connectivity index (χ0n) is 18.4. The van der Waals surface area contributed by atoms with Crippen molar-refractivity contribution < 1.29 is 17.5 Å². The smallest absolute Gasteiger partial charge is 0.175 e. The third-order valence-electron chi connectivity index (χ3n) is 4.93. The highest BCUT2D eigenvalue weighted by molar-refractivity contribution is 7.90. The molecule has 2 aromatic rings. The minimum Gasteiger partial charge on any atom is -0.493 e. The molecule has 0 aliphatic rings. The SMILES string of the molecule is CCCC(CCNCC(C)(C)F)COc1ccc(-c2ccc(S(C)(=O)=O)cc2)cc1. The van der Waals surface area contributed by atoms with Crippen molar-refractivity contribution >= 4 is 9.84 Å². The quantitative estimate of drug-likeness (QED) is 0.461. The number of hydrogen-bond donors (Lipinski definition) is 1. The average molecular weight is 436 g/mol. The number of halogens is 1. The topological polar surface area (TPSA) is 55.4 Å². The molecule has 2 rings (SSSR count). The molecule has 1 unspecified atom stereocenters. The van der Waals surface area contributed by atoms with Gasteiger partial charge in [0.25, 0.3) is 0 Å². The van der Waals surface area contributed by atoms with Crippen molar-refractivity contribution in [2.24, 2.45) is 5.92 Å². The fraction of sp³-hybridized carbons (Fsp3) is 0.500. The molecule has 6 heteroatoms. The number of benzene rings is 2. The molecule has 0 bridgehead atoms. The van der Waals surface area contributed by atoms with Crippen LogP contribution in [-0.2, 0) is 9.84 Å². The Hall–Kier alpha value is -1.92. The zero-order chi connectivity index (χ0) is 22.2. The molecule has 2 aromatic carbocycles. The first-order valence-corrected chi connectivity index (χ1v) is 12.4. The Labute approximate surface area is 180 Å². The standard InChI is InChI=1S/C24H34FNO3S/c1-5-6-19(15-16-26-18-24(2,3)25)17-29-22-11-7-20(8-12-22)21-9-13-23(14-10-21)30(4,27)28/h7-14,19,26H,5-6,15-18H2,1-4H3. The summed E-state index contributed by atoms with van der Waals surface area (Å²) in [6, 6.07) is 14.7. The minimum atomic E-state index is -3.19. The van der Waals surface area contributed by atoms with Crippen LogP contribution >= 0.6 is 0 Å². The molecule has 0 aliphatic heterocycles. The Morgan fingerprint density at radius 3 is 2.07 bits per heavy atom. The van der Waals surface area contributed by atoms with Crippen molar-refractivity contribution in [3.05, 3.63) is 48.5 Å². The second-order valence-electron chi connectivity index (χ2n) is 8.47. The van der Waals surface area contributed by atoms with Gasteiger partial charge in [0.05, 0.1) is 11.5 Å². The van der Waals surface area contributed by atoms with Crippen LogP contribution in [-0.4, -0.2) is 40.0 Å². The third-order valence-corrected chi connectivity index (χ3v) is 6.06. The Bertz CT molecular complexity index is 872. The summed E-state index contributed by atoms with van der Waals surface area (Å²) in [4.78, 5) is 0.317. The van der Waals surface area contributed by atoms with E-state index in [-0.39, 0.29) is 0 Å². The maximum absolute atomic E-state index is 13.5. The first-order valence-electron chi connectivity index (χ1n) is 10.5. The van der Waals surface area contributed by atoms with Crippen LogP contribution in [0.4, 0.5) is 4.39 Å². The van der Waals surface area contributed by atoms with Gasteiger partial charge in [-0.05, 0) is 74.5 Å². The summed E-state index contributed by atoms with van der Waals surface area (Å²) in [5.41, 5.74) is 0.772. The minimum absolute atomic E-state index is 0.317. The summed E-state index contributed by atoms with van der Waals surface area (Å²) in [6.45, 7) is 7.10. The van der Waals surface area contributed by atoms with Crippen LogP contribution in [0.3, 0.4) is 0 Å². The molecule has 0 heterocycles. The molecule has 0 radical (unpaired) electrons. The van der Waals surface area contributed by atoms with E-state index < -0.39 is 15.5 Å². The molecular weight excluding hydrogens is 401 g/mol. The van der Waals surface area contributed by atoms with Crippen LogP contribution < -0.4 is 10.1 Å². The van der Waals surface area contributed by atoms with Gasteiger partial charge in [-0.25, -0.2) is 12.8 Å². The Balaban J connectivity index is 1.89. The monoisotopic (exact) mass is 435 g/mol. The normalized spacial score (nSPS) is 13.2. The number of alkyl halides is 1. The number of nitrogens with one attached hydrogen (secondary N) is 1. The molecule has 1 N–H and O–H groups in total. The lowest BCUT2D eigenvalue weighted by molar-refractivity contribution is 0.201. The van der Waals surface area contributed by atoms with E-state index in [1.54, 1.807) is 26.0 Å². The molecule has 0 amide bonds. The lowest BCUT2D eigenvalue weighted by atomic mass is 10.0. The van der Waals surface area contributed by atoms with Gasteiger partial charge in [0.15, 0.2) is 9.84 Å². The molecule has 0 saturated heterocycles. The predicted octanol–water partition coefficient (Wildman–Crippen LogP) is 5.28. The summed E-state index contributed by atoms with van der Waals surface area (Å²) in [6.07, 6.45) is 4.32. The second-order valence-corrected chi connectivity index (χ2v) is 10.5. The van der Waals surface area contributed by atoms with Gasteiger partial charge in [0, 0.05) is 12.8 Å². The molecule has 4 nitrogen and oxygen atoms in total. The van der Waals surface area contributed by atoms with Crippen LogP contribution in [0.1, 0.15) is 40.0 Å². The molecule has 30 heavy (non-hydrogen) atoms. The molecular formula is C24H34FNO3S. The van der Waals surface area contributed by atoms with Crippen molar-refractivity contribution in [3.63, 3.8) is 0 Å². The highest BCUT2D eigenvalue weighted by Crippen LogP contribution is 2.24. The van der Waals surface area contributed by atoms with Gasteiger partial charge >= 0.3 is 0 Å². The zero-order valence-corrected chi connectivity index (χ0v) is 19.3. The van der Waals surface area contributed by atoms with Gasteiger partial charge < -0.3 is 10.1 Å².